The minimum Gasteiger partial charge on any atom is -0.467 e. The number of nitrogens with zero attached hydrogens (tertiary/aromatic N) is 7. The maximum atomic E-state index is 13.3. The maximum absolute atomic E-state index is 13.3. The topological polar surface area (TPSA) is 102 Å². The minimum absolute atomic E-state index is 0.0187. The van der Waals surface area contributed by atoms with E-state index in [-0.39, 0.29) is 18.3 Å². The van der Waals surface area contributed by atoms with Gasteiger partial charge >= 0.3 is 18.1 Å². The van der Waals surface area contributed by atoms with Gasteiger partial charge in [0.15, 0.2) is 0 Å². The van der Waals surface area contributed by atoms with Gasteiger partial charge in [-0.2, -0.15) is 9.78 Å². The zero-order chi connectivity index (χ0) is 24.6. The standard InChI is InChI=1S/C22H16F3N7O3/c1-34-20-29-32(21(33)30(20)11-14-5-7-16(8-6-14)35-22(23,24)25)19-4-2-3-18-17(19)12-31(28-18)15-9-26-13-27-10-15/h2-10,12-13H,11H2,1H3. The molecule has 178 valence electrons. The molecule has 0 amide bonds. The predicted molar refractivity (Wildman–Crippen MR) is 117 cm³/mol. The van der Waals surface area contributed by atoms with E-state index in [1.54, 1.807) is 41.5 Å². The molecule has 0 unspecified atom stereocenters. The molecule has 0 aliphatic carbocycles. The van der Waals surface area contributed by atoms with Gasteiger partial charge in [-0.1, -0.05) is 18.2 Å². The van der Waals surface area contributed by atoms with Crippen molar-refractivity contribution in [2.45, 2.75) is 12.9 Å². The fourth-order valence-corrected chi connectivity index (χ4v) is 3.56. The van der Waals surface area contributed by atoms with Crippen LogP contribution in [0.1, 0.15) is 5.56 Å². The van der Waals surface area contributed by atoms with E-state index in [4.69, 9.17) is 4.74 Å². The highest BCUT2D eigenvalue weighted by Crippen LogP contribution is 2.24. The van der Waals surface area contributed by atoms with Crippen LogP contribution in [0.4, 0.5) is 13.2 Å². The van der Waals surface area contributed by atoms with Gasteiger partial charge in [0.1, 0.15) is 17.8 Å². The van der Waals surface area contributed by atoms with E-state index in [9.17, 15) is 18.0 Å². The summed E-state index contributed by atoms with van der Waals surface area (Å²) in [6, 6.07) is 10.5. The molecule has 10 nitrogen and oxygen atoms in total. The highest BCUT2D eigenvalue weighted by Gasteiger charge is 2.31. The van der Waals surface area contributed by atoms with Crippen molar-refractivity contribution in [1.82, 2.24) is 34.1 Å². The summed E-state index contributed by atoms with van der Waals surface area (Å²) >= 11 is 0. The second-order valence-corrected chi connectivity index (χ2v) is 7.34. The summed E-state index contributed by atoms with van der Waals surface area (Å²) in [6.07, 6.45) is 1.57. The Morgan fingerprint density at radius 2 is 1.74 bits per heavy atom. The van der Waals surface area contributed by atoms with Crippen LogP contribution < -0.4 is 15.2 Å². The first-order chi connectivity index (χ1) is 16.8. The first kappa shape index (κ1) is 22.1. The Labute approximate surface area is 194 Å². The fourth-order valence-electron chi connectivity index (χ4n) is 3.56. The van der Waals surface area contributed by atoms with Gasteiger partial charge in [-0.25, -0.2) is 24.0 Å². The monoisotopic (exact) mass is 483 g/mol. The summed E-state index contributed by atoms with van der Waals surface area (Å²) < 4.78 is 50.5. The smallest absolute Gasteiger partial charge is 0.467 e. The highest BCUT2D eigenvalue weighted by atomic mass is 19.4. The molecule has 35 heavy (non-hydrogen) atoms. The van der Waals surface area contributed by atoms with Crippen LogP contribution in [0, 0.1) is 0 Å². The van der Waals surface area contributed by atoms with Gasteiger partial charge < -0.3 is 9.47 Å². The number of benzene rings is 2. The van der Waals surface area contributed by atoms with E-state index >= 15 is 0 Å². The predicted octanol–water partition coefficient (Wildman–Crippen LogP) is 3.12. The number of fused-ring (bicyclic) bond motifs is 1. The van der Waals surface area contributed by atoms with Crippen LogP contribution in [0.3, 0.4) is 0 Å². The molecule has 0 saturated carbocycles. The van der Waals surface area contributed by atoms with E-state index in [0.717, 1.165) is 0 Å². The quantitative estimate of drug-likeness (QED) is 0.366. The number of ether oxygens (including phenoxy) is 2. The molecule has 0 N–H and O–H groups in total. The van der Waals surface area contributed by atoms with Crippen molar-refractivity contribution in [2.75, 3.05) is 7.11 Å². The number of hydrogen-bond donors (Lipinski definition) is 0. The summed E-state index contributed by atoms with van der Waals surface area (Å²) in [6.45, 7) is 0.0187. The van der Waals surface area contributed by atoms with Crippen molar-refractivity contribution < 1.29 is 22.6 Å². The number of alkyl halides is 3. The molecule has 3 heterocycles. The molecule has 0 fully saturated rings. The average Bonchev–Trinajstić information content (AvgIpc) is 3.41. The van der Waals surface area contributed by atoms with Crippen LogP contribution in [0.5, 0.6) is 11.8 Å². The SMILES string of the molecule is COc1nn(-c2cccc3nn(-c4cncnc4)cc23)c(=O)n1Cc1ccc(OC(F)(F)F)cc1. The molecule has 0 aliphatic heterocycles. The van der Waals surface area contributed by atoms with Crippen LogP contribution in [0.25, 0.3) is 22.3 Å². The summed E-state index contributed by atoms with van der Waals surface area (Å²) in [5.74, 6) is -0.358. The zero-order valence-electron chi connectivity index (χ0n) is 18.0. The summed E-state index contributed by atoms with van der Waals surface area (Å²) in [5, 5.41) is 9.47. The number of halogens is 3. The Hall–Kier alpha value is -4.68. The molecule has 0 aliphatic rings. The van der Waals surface area contributed by atoms with Crippen LogP contribution in [0.2, 0.25) is 0 Å². The van der Waals surface area contributed by atoms with Gasteiger partial charge in [-0.15, -0.1) is 18.3 Å². The molecule has 2 aromatic carbocycles. The molecule has 3 aromatic heterocycles. The molecular weight excluding hydrogens is 467 g/mol. The summed E-state index contributed by atoms with van der Waals surface area (Å²) in [5.41, 5.74) is 1.78. The Balaban J connectivity index is 1.51. The van der Waals surface area contributed by atoms with Crippen LogP contribution >= 0.6 is 0 Å². The average molecular weight is 483 g/mol. The molecule has 0 saturated heterocycles. The maximum Gasteiger partial charge on any atom is 0.573 e. The normalized spacial score (nSPS) is 11.7. The van der Waals surface area contributed by atoms with Gasteiger partial charge in [0.05, 0.1) is 37.3 Å². The van der Waals surface area contributed by atoms with Crippen molar-refractivity contribution in [3.05, 3.63) is 83.4 Å². The van der Waals surface area contributed by atoms with E-state index in [2.05, 4.69) is 24.9 Å². The molecule has 13 heteroatoms. The van der Waals surface area contributed by atoms with Crippen LogP contribution in [-0.2, 0) is 6.54 Å². The largest absolute Gasteiger partial charge is 0.573 e. The Bertz CT molecular complexity index is 1540. The lowest BCUT2D eigenvalue weighted by atomic mass is 10.2. The van der Waals surface area contributed by atoms with Crippen LogP contribution in [0.15, 0.2) is 72.2 Å². The number of rotatable bonds is 6. The van der Waals surface area contributed by atoms with E-state index < -0.39 is 12.1 Å². The third-order valence-corrected chi connectivity index (χ3v) is 5.08. The number of methoxy groups -OCH3 is 1. The van der Waals surface area contributed by atoms with Crippen molar-refractivity contribution >= 4 is 10.9 Å². The number of hydrogen-bond acceptors (Lipinski definition) is 7. The second-order valence-electron chi connectivity index (χ2n) is 7.34. The highest BCUT2D eigenvalue weighted by molar-refractivity contribution is 5.87. The van der Waals surface area contributed by atoms with E-state index in [1.165, 1.54) is 47.0 Å². The molecule has 0 spiro atoms. The van der Waals surface area contributed by atoms with Crippen LogP contribution in [-0.4, -0.2) is 47.6 Å². The molecule has 0 atom stereocenters. The van der Waals surface area contributed by atoms with Crippen molar-refractivity contribution in [3.63, 3.8) is 0 Å². The Morgan fingerprint density at radius 3 is 2.43 bits per heavy atom. The molecular formula is C22H16F3N7O3. The lowest BCUT2D eigenvalue weighted by Crippen LogP contribution is -2.24. The van der Waals surface area contributed by atoms with E-state index in [1.807, 2.05) is 0 Å². The first-order valence-electron chi connectivity index (χ1n) is 10.1. The molecule has 5 rings (SSSR count). The Morgan fingerprint density at radius 1 is 1.00 bits per heavy atom. The fraction of sp³-hybridized carbons (Fsp3) is 0.136. The summed E-state index contributed by atoms with van der Waals surface area (Å²) in [4.78, 5) is 21.3. The molecule has 5 aromatic rings. The lowest BCUT2D eigenvalue weighted by molar-refractivity contribution is -0.274. The Kier molecular flexibility index (Phi) is 5.43. The first-order valence-corrected chi connectivity index (χ1v) is 10.1. The summed E-state index contributed by atoms with van der Waals surface area (Å²) in [7, 11) is 1.37. The van der Waals surface area contributed by atoms with Gasteiger partial charge in [0.2, 0.25) is 0 Å². The van der Waals surface area contributed by atoms with Gasteiger partial charge in [-0.05, 0) is 29.8 Å². The third kappa shape index (κ3) is 4.43. The van der Waals surface area contributed by atoms with E-state index in [0.29, 0.717) is 27.8 Å². The van der Waals surface area contributed by atoms with Gasteiger partial charge in [0, 0.05) is 11.6 Å². The molecule has 0 radical (unpaired) electrons. The second kappa shape index (κ2) is 8.59. The lowest BCUT2D eigenvalue weighted by Gasteiger charge is -2.09. The van der Waals surface area contributed by atoms with Gasteiger partial charge in [0.25, 0.3) is 0 Å². The van der Waals surface area contributed by atoms with Crippen molar-refractivity contribution in [3.8, 4) is 23.1 Å². The van der Waals surface area contributed by atoms with Gasteiger partial charge in [-0.3, -0.25) is 0 Å². The number of aromatic nitrogens is 7. The third-order valence-electron chi connectivity index (χ3n) is 5.08. The minimum atomic E-state index is -4.79. The van der Waals surface area contributed by atoms with Crippen molar-refractivity contribution in [2.24, 2.45) is 0 Å². The van der Waals surface area contributed by atoms with Crippen molar-refractivity contribution in [1.29, 1.82) is 0 Å². The molecule has 0 bridgehead atoms. The zero-order valence-corrected chi connectivity index (χ0v) is 18.0.